The Morgan fingerprint density at radius 3 is 2.75 bits per heavy atom. The third-order valence-electron chi connectivity index (χ3n) is 4.23. The van der Waals surface area contributed by atoms with E-state index in [9.17, 15) is 4.39 Å². The number of nitrogens with two attached hydrogens (primary N) is 1. The number of hydrogen-bond acceptors (Lipinski definition) is 2. The van der Waals surface area contributed by atoms with Gasteiger partial charge in [0.1, 0.15) is 5.82 Å². The molecule has 1 heterocycles. The predicted octanol–water partition coefficient (Wildman–Crippen LogP) is 3.53. The van der Waals surface area contributed by atoms with Crippen LogP contribution in [0.1, 0.15) is 29.7 Å². The summed E-state index contributed by atoms with van der Waals surface area (Å²) in [6.07, 6.45) is 0.931. The number of nitrogens with zero attached hydrogens (tertiary/aromatic N) is 1. The van der Waals surface area contributed by atoms with Crippen LogP contribution in [0.2, 0.25) is 0 Å². The molecule has 0 saturated carbocycles. The summed E-state index contributed by atoms with van der Waals surface area (Å²) in [6, 6.07) is 13.2. The maximum Gasteiger partial charge on any atom is 0.127 e. The van der Waals surface area contributed by atoms with E-state index >= 15 is 0 Å². The molecule has 0 amide bonds. The molecule has 2 aromatic rings. The van der Waals surface area contributed by atoms with Gasteiger partial charge in [-0.2, -0.15) is 0 Å². The van der Waals surface area contributed by atoms with Gasteiger partial charge in [0.25, 0.3) is 0 Å². The quantitative estimate of drug-likeness (QED) is 0.846. The van der Waals surface area contributed by atoms with E-state index < -0.39 is 0 Å². The largest absolute Gasteiger partial charge is 0.398 e. The Bertz CT molecular complexity index is 624. The van der Waals surface area contributed by atoms with Gasteiger partial charge in [-0.3, -0.25) is 4.90 Å². The fourth-order valence-corrected chi connectivity index (χ4v) is 3.00. The lowest BCUT2D eigenvalue weighted by molar-refractivity contribution is 0.189. The van der Waals surface area contributed by atoms with Crippen LogP contribution in [-0.2, 0) is 13.0 Å². The lowest BCUT2D eigenvalue weighted by atomic mass is 9.95. The van der Waals surface area contributed by atoms with Crippen LogP contribution in [0.3, 0.4) is 0 Å². The monoisotopic (exact) mass is 270 g/mol. The van der Waals surface area contributed by atoms with Crippen molar-refractivity contribution in [2.45, 2.75) is 25.9 Å². The summed E-state index contributed by atoms with van der Waals surface area (Å²) < 4.78 is 13.9. The van der Waals surface area contributed by atoms with Gasteiger partial charge in [-0.05, 0) is 36.6 Å². The first-order valence-corrected chi connectivity index (χ1v) is 7.01. The van der Waals surface area contributed by atoms with Crippen molar-refractivity contribution < 1.29 is 4.39 Å². The lowest BCUT2D eigenvalue weighted by Crippen LogP contribution is -2.33. The van der Waals surface area contributed by atoms with Gasteiger partial charge in [0.2, 0.25) is 0 Å². The van der Waals surface area contributed by atoms with Crippen LogP contribution < -0.4 is 5.73 Å². The molecule has 1 aliphatic heterocycles. The van der Waals surface area contributed by atoms with Crippen LogP contribution in [0.4, 0.5) is 10.1 Å². The topological polar surface area (TPSA) is 29.3 Å². The molecule has 1 unspecified atom stereocenters. The summed E-state index contributed by atoms with van der Waals surface area (Å²) in [6.45, 7) is 3.81. The highest BCUT2D eigenvalue weighted by molar-refractivity contribution is 5.52. The van der Waals surface area contributed by atoms with Crippen molar-refractivity contribution in [2.24, 2.45) is 0 Å². The predicted molar refractivity (Wildman–Crippen MR) is 79.8 cm³/mol. The summed E-state index contributed by atoms with van der Waals surface area (Å²) in [7, 11) is 0. The van der Waals surface area contributed by atoms with E-state index in [0.29, 0.717) is 0 Å². The third-order valence-corrected chi connectivity index (χ3v) is 4.23. The maximum absolute atomic E-state index is 13.9. The average Bonchev–Trinajstić information content (AvgIpc) is 2.47. The summed E-state index contributed by atoms with van der Waals surface area (Å²) in [5, 5.41) is 0. The Kier molecular flexibility index (Phi) is 3.45. The highest BCUT2D eigenvalue weighted by atomic mass is 19.1. The average molecular weight is 270 g/mol. The molecule has 104 valence electrons. The van der Waals surface area contributed by atoms with E-state index in [1.807, 2.05) is 24.3 Å². The van der Waals surface area contributed by atoms with E-state index in [2.05, 4.69) is 17.9 Å². The van der Waals surface area contributed by atoms with E-state index in [0.717, 1.165) is 30.8 Å². The van der Waals surface area contributed by atoms with Crippen LogP contribution in [0.5, 0.6) is 0 Å². The zero-order valence-corrected chi connectivity index (χ0v) is 11.6. The van der Waals surface area contributed by atoms with E-state index in [1.165, 1.54) is 17.2 Å². The minimum absolute atomic E-state index is 0.0748. The van der Waals surface area contributed by atoms with Gasteiger partial charge in [0, 0.05) is 30.4 Å². The molecule has 20 heavy (non-hydrogen) atoms. The fourth-order valence-electron chi connectivity index (χ4n) is 3.00. The molecule has 0 aromatic heterocycles. The molecule has 2 aromatic carbocycles. The van der Waals surface area contributed by atoms with Crippen LogP contribution in [0, 0.1) is 5.82 Å². The van der Waals surface area contributed by atoms with Gasteiger partial charge < -0.3 is 5.73 Å². The minimum atomic E-state index is -0.127. The molecule has 2 nitrogen and oxygen atoms in total. The second kappa shape index (κ2) is 5.25. The van der Waals surface area contributed by atoms with Gasteiger partial charge in [-0.25, -0.2) is 4.39 Å². The molecule has 3 heteroatoms. The molecule has 0 bridgehead atoms. The maximum atomic E-state index is 13.9. The molecular weight excluding hydrogens is 251 g/mol. The fraction of sp³-hybridized carbons (Fsp3) is 0.294. The number of hydrogen-bond donors (Lipinski definition) is 1. The Hall–Kier alpha value is -1.87. The van der Waals surface area contributed by atoms with Crippen molar-refractivity contribution >= 4 is 5.69 Å². The van der Waals surface area contributed by atoms with Crippen molar-refractivity contribution in [3.05, 3.63) is 65.0 Å². The zero-order valence-electron chi connectivity index (χ0n) is 11.6. The zero-order chi connectivity index (χ0) is 14.1. The number of fused-ring (bicyclic) bond motifs is 1. The molecule has 2 N–H and O–H groups in total. The molecular formula is C17H19FN2. The van der Waals surface area contributed by atoms with E-state index in [1.54, 1.807) is 6.07 Å². The Morgan fingerprint density at radius 1 is 1.15 bits per heavy atom. The smallest absolute Gasteiger partial charge is 0.127 e. The first-order chi connectivity index (χ1) is 9.66. The molecule has 1 aliphatic rings. The Labute approximate surface area is 119 Å². The number of anilines is 1. The van der Waals surface area contributed by atoms with Crippen molar-refractivity contribution in [3.8, 4) is 0 Å². The number of halogens is 1. The molecule has 0 spiro atoms. The van der Waals surface area contributed by atoms with Crippen molar-refractivity contribution in [1.29, 1.82) is 0 Å². The lowest BCUT2D eigenvalue weighted by Gasteiger charge is -2.34. The second-order valence-corrected chi connectivity index (χ2v) is 5.40. The van der Waals surface area contributed by atoms with Crippen LogP contribution in [0.15, 0.2) is 42.5 Å². The molecule has 0 saturated heterocycles. The van der Waals surface area contributed by atoms with Crippen LogP contribution >= 0.6 is 0 Å². The second-order valence-electron chi connectivity index (χ2n) is 5.40. The molecule has 3 rings (SSSR count). The minimum Gasteiger partial charge on any atom is -0.398 e. The molecule has 0 radical (unpaired) electrons. The first-order valence-electron chi connectivity index (χ1n) is 7.01. The standard InChI is InChI=1S/C17H19FN2/c1-12(14-6-2-3-7-16(14)18)20-10-9-15-13(11-20)5-4-8-17(15)19/h2-8,12H,9-11,19H2,1H3. The van der Waals surface area contributed by atoms with Gasteiger partial charge in [-0.1, -0.05) is 30.3 Å². The molecule has 1 atom stereocenters. The van der Waals surface area contributed by atoms with Gasteiger partial charge >= 0.3 is 0 Å². The number of nitrogen functional groups attached to an aromatic ring is 1. The van der Waals surface area contributed by atoms with Crippen molar-refractivity contribution in [3.63, 3.8) is 0 Å². The first kappa shape index (κ1) is 13.1. The normalized spacial score (nSPS) is 16.7. The van der Waals surface area contributed by atoms with Gasteiger partial charge in [-0.15, -0.1) is 0 Å². The Morgan fingerprint density at radius 2 is 1.95 bits per heavy atom. The van der Waals surface area contributed by atoms with E-state index in [-0.39, 0.29) is 11.9 Å². The van der Waals surface area contributed by atoms with Gasteiger partial charge in [0.05, 0.1) is 0 Å². The highest BCUT2D eigenvalue weighted by Gasteiger charge is 2.24. The summed E-state index contributed by atoms with van der Waals surface area (Å²) in [5.74, 6) is -0.127. The SMILES string of the molecule is CC(c1ccccc1F)N1CCc2c(N)cccc2C1. The summed E-state index contributed by atoms with van der Waals surface area (Å²) >= 11 is 0. The van der Waals surface area contributed by atoms with Gasteiger partial charge in [0.15, 0.2) is 0 Å². The highest BCUT2D eigenvalue weighted by Crippen LogP contribution is 2.30. The molecule has 0 aliphatic carbocycles. The number of rotatable bonds is 2. The van der Waals surface area contributed by atoms with Crippen LogP contribution in [0.25, 0.3) is 0 Å². The van der Waals surface area contributed by atoms with Crippen molar-refractivity contribution in [2.75, 3.05) is 12.3 Å². The number of benzene rings is 2. The third kappa shape index (κ3) is 2.29. The summed E-state index contributed by atoms with van der Waals surface area (Å²) in [4.78, 5) is 2.31. The van der Waals surface area contributed by atoms with Crippen LogP contribution in [-0.4, -0.2) is 11.4 Å². The van der Waals surface area contributed by atoms with Crippen molar-refractivity contribution in [1.82, 2.24) is 4.90 Å². The Balaban J connectivity index is 1.85. The van der Waals surface area contributed by atoms with E-state index in [4.69, 9.17) is 5.73 Å². The summed E-state index contributed by atoms with van der Waals surface area (Å²) in [5.41, 5.74) is 10.2. The molecule has 0 fully saturated rings.